The van der Waals surface area contributed by atoms with Gasteiger partial charge in [-0.2, -0.15) is 0 Å². The smallest absolute Gasteiger partial charge is 0.182 e. The Labute approximate surface area is 132 Å². The second-order valence-electron chi connectivity index (χ2n) is 5.62. The third-order valence-corrected chi connectivity index (χ3v) is 3.68. The molecule has 1 heterocycles. The number of aromatic nitrogens is 1. The van der Waals surface area contributed by atoms with Gasteiger partial charge in [0.15, 0.2) is 12.2 Å². The number of benzene rings is 2. The minimum Gasteiger partial charge on any atom is -0.508 e. The van der Waals surface area contributed by atoms with Crippen LogP contribution in [0.1, 0.15) is 25.3 Å². The van der Waals surface area contributed by atoms with E-state index in [1.54, 1.807) is 18.2 Å². The van der Waals surface area contributed by atoms with Crippen LogP contribution >= 0.6 is 0 Å². The van der Waals surface area contributed by atoms with E-state index in [1.165, 1.54) is 24.6 Å². The van der Waals surface area contributed by atoms with Crippen molar-refractivity contribution in [1.29, 1.82) is 0 Å². The van der Waals surface area contributed by atoms with Gasteiger partial charge in [-0.1, -0.05) is 26.0 Å². The molecule has 118 valence electrons. The maximum Gasteiger partial charge on any atom is 0.182 e. The van der Waals surface area contributed by atoms with Crippen molar-refractivity contribution in [1.82, 2.24) is 4.98 Å². The van der Waals surface area contributed by atoms with Crippen LogP contribution in [0.5, 0.6) is 11.5 Å². The monoisotopic (exact) mass is 313 g/mol. The van der Waals surface area contributed by atoms with Crippen LogP contribution in [0.3, 0.4) is 0 Å². The Balaban J connectivity index is 2.18. The van der Waals surface area contributed by atoms with E-state index in [-0.39, 0.29) is 23.2 Å². The number of phenolic OH excluding ortho intramolecular Hbond substituents is 2. The average Bonchev–Trinajstić information content (AvgIpc) is 2.96. The molecule has 0 aliphatic carbocycles. The first-order chi connectivity index (χ1) is 11.0. The molecule has 0 saturated carbocycles. The van der Waals surface area contributed by atoms with E-state index in [9.17, 15) is 14.6 Å². The zero-order chi connectivity index (χ0) is 16.6. The molecule has 0 aliphatic rings. The third kappa shape index (κ3) is 2.77. The molecular formula is C18H16FNO3. The van der Waals surface area contributed by atoms with Gasteiger partial charge in [0, 0.05) is 17.2 Å². The molecule has 0 amide bonds. The number of hydrogen-bond acceptors (Lipinski definition) is 4. The van der Waals surface area contributed by atoms with Crippen molar-refractivity contribution in [3.05, 3.63) is 54.2 Å². The van der Waals surface area contributed by atoms with Gasteiger partial charge in [-0.25, -0.2) is 9.37 Å². The fourth-order valence-electron chi connectivity index (χ4n) is 2.52. The van der Waals surface area contributed by atoms with Gasteiger partial charge in [0.2, 0.25) is 0 Å². The van der Waals surface area contributed by atoms with Crippen LogP contribution in [0.2, 0.25) is 0 Å². The molecule has 0 bridgehead atoms. The van der Waals surface area contributed by atoms with E-state index in [0.717, 1.165) is 0 Å². The first-order valence-corrected chi connectivity index (χ1v) is 7.23. The van der Waals surface area contributed by atoms with Crippen LogP contribution in [0.15, 0.2) is 47.2 Å². The average molecular weight is 313 g/mol. The fraction of sp³-hybridized carbons (Fsp3) is 0.167. The van der Waals surface area contributed by atoms with Crippen molar-refractivity contribution in [3.63, 3.8) is 0 Å². The predicted molar refractivity (Wildman–Crippen MR) is 84.8 cm³/mol. The number of halogens is 1. The lowest BCUT2D eigenvalue weighted by Gasteiger charge is -2.12. The van der Waals surface area contributed by atoms with Crippen LogP contribution in [-0.4, -0.2) is 15.2 Å². The molecule has 3 rings (SSSR count). The summed E-state index contributed by atoms with van der Waals surface area (Å²) in [5.74, 6) is -0.0442. The van der Waals surface area contributed by atoms with Crippen LogP contribution in [-0.2, 0) is 0 Å². The van der Waals surface area contributed by atoms with Gasteiger partial charge >= 0.3 is 0 Å². The number of hydrogen-bond donors (Lipinski definition) is 2. The second kappa shape index (κ2) is 5.76. The quantitative estimate of drug-likeness (QED) is 0.736. The number of nitrogens with zero attached hydrogens (tertiary/aromatic N) is 1. The second-order valence-corrected chi connectivity index (χ2v) is 5.62. The normalized spacial score (nSPS) is 11.1. The highest BCUT2D eigenvalue weighted by Gasteiger charge is 2.19. The molecule has 23 heavy (non-hydrogen) atoms. The van der Waals surface area contributed by atoms with E-state index in [1.807, 2.05) is 13.8 Å². The van der Waals surface area contributed by atoms with E-state index >= 15 is 0 Å². The Morgan fingerprint density at radius 2 is 1.87 bits per heavy atom. The van der Waals surface area contributed by atoms with Crippen LogP contribution in [0.25, 0.3) is 22.6 Å². The van der Waals surface area contributed by atoms with E-state index in [4.69, 9.17) is 4.42 Å². The number of oxazole rings is 1. The number of aromatic hydroxyl groups is 2. The van der Waals surface area contributed by atoms with Crippen molar-refractivity contribution in [2.75, 3.05) is 0 Å². The van der Waals surface area contributed by atoms with Gasteiger partial charge in [-0.3, -0.25) is 0 Å². The molecule has 1 aromatic heterocycles. The lowest BCUT2D eigenvalue weighted by Crippen LogP contribution is -1.91. The molecule has 2 N–H and O–H groups in total. The topological polar surface area (TPSA) is 66.5 Å². The summed E-state index contributed by atoms with van der Waals surface area (Å²) in [6.07, 6.45) is 1.25. The largest absolute Gasteiger partial charge is 0.508 e. The molecule has 5 heteroatoms. The molecule has 3 aromatic rings. The Hall–Kier alpha value is -2.82. The van der Waals surface area contributed by atoms with E-state index < -0.39 is 0 Å². The minimum absolute atomic E-state index is 0.0250. The lowest BCUT2D eigenvalue weighted by atomic mass is 9.96. The SMILES string of the molecule is CC(C)c1cc(-c2ncoc2-c2cccc(F)c2)c(O)cc1O. The van der Waals surface area contributed by atoms with Crippen LogP contribution < -0.4 is 0 Å². The first kappa shape index (κ1) is 15.1. The highest BCUT2D eigenvalue weighted by Crippen LogP contribution is 2.40. The zero-order valence-corrected chi connectivity index (χ0v) is 12.7. The highest BCUT2D eigenvalue weighted by atomic mass is 19.1. The fourth-order valence-corrected chi connectivity index (χ4v) is 2.52. The van der Waals surface area contributed by atoms with Crippen molar-refractivity contribution >= 4 is 0 Å². The van der Waals surface area contributed by atoms with Gasteiger partial charge in [-0.05, 0) is 29.7 Å². The summed E-state index contributed by atoms with van der Waals surface area (Å²) in [4.78, 5) is 4.15. The van der Waals surface area contributed by atoms with Crippen LogP contribution in [0, 0.1) is 5.82 Å². The number of rotatable bonds is 3. The van der Waals surface area contributed by atoms with Crippen molar-refractivity contribution in [2.24, 2.45) is 0 Å². The molecule has 2 aromatic carbocycles. The summed E-state index contributed by atoms with van der Waals surface area (Å²) in [6, 6.07) is 8.92. The molecule has 0 spiro atoms. The summed E-state index contributed by atoms with van der Waals surface area (Å²) in [5.41, 5.74) is 2.04. The van der Waals surface area contributed by atoms with Gasteiger partial charge < -0.3 is 14.6 Å². The Kier molecular flexibility index (Phi) is 3.78. The highest BCUT2D eigenvalue weighted by molar-refractivity contribution is 5.81. The van der Waals surface area contributed by atoms with Gasteiger partial charge in [0.1, 0.15) is 23.0 Å². The molecular weight excluding hydrogens is 297 g/mol. The third-order valence-electron chi connectivity index (χ3n) is 3.68. The molecule has 0 radical (unpaired) electrons. The maximum atomic E-state index is 13.5. The van der Waals surface area contributed by atoms with Gasteiger partial charge in [-0.15, -0.1) is 0 Å². The summed E-state index contributed by atoms with van der Waals surface area (Å²) >= 11 is 0. The molecule has 0 aliphatic heterocycles. The van der Waals surface area contributed by atoms with Crippen molar-refractivity contribution in [2.45, 2.75) is 19.8 Å². The van der Waals surface area contributed by atoms with Gasteiger partial charge in [0.25, 0.3) is 0 Å². The maximum absolute atomic E-state index is 13.5. The standard InChI is InChI=1S/C18H16FNO3/c1-10(2)13-7-14(16(22)8-15(13)21)17-18(23-9-20-17)11-4-3-5-12(19)6-11/h3-10,21-22H,1-2H3. The van der Waals surface area contributed by atoms with Crippen molar-refractivity contribution in [3.8, 4) is 34.1 Å². The molecule has 0 saturated heterocycles. The lowest BCUT2D eigenvalue weighted by molar-refractivity contribution is 0.445. The zero-order valence-electron chi connectivity index (χ0n) is 12.7. The molecule has 0 atom stereocenters. The Bertz CT molecular complexity index is 855. The van der Waals surface area contributed by atoms with E-state index in [0.29, 0.717) is 28.1 Å². The van der Waals surface area contributed by atoms with Crippen LogP contribution in [0.4, 0.5) is 4.39 Å². The number of phenols is 2. The molecule has 0 fully saturated rings. The Morgan fingerprint density at radius 3 is 2.57 bits per heavy atom. The van der Waals surface area contributed by atoms with E-state index in [2.05, 4.69) is 4.98 Å². The summed E-state index contributed by atoms with van der Waals surface area (Å²) in [5, 5.41) is 20.1. The van der Waals surface area contributed by atoms with Crippen molar-refractivity contribution < 1.29 is 19.0 Å². The summed E-state index contributed by atoms with van der Waals surface area (Å²) < 4.78 is 18.8. The minimum atomic E-state index is -0.386. The summed E-state index contributed by atoms with van der Waals surface area (Å²) in [7, 11) is 0. The predicted octanol–water partition coefficient (Wildman–Crippen LogP) is 4.68. The summed E-state index contributed by atoms with van der Waals surface area (Å²) in [6.45, 7) is 3.87. The van der Waals surface area contributed by atoms with Gasteiger partial charge in [0.05, 0.1) is 0 Å². The Morgan fingerprint density at radius 1 is 1.09 bits per heavy atom. The first-order valence-electron chi connectivity index (χ1n) is 7.23. The molecule has 4 nitrogen and oxygen atoms in total. The molecule has 0 unspecified atom stereocenters.